The number of carbonyl (C=O) groups excluding carboxylic acids is 1. The molecule has 134 valence electrons. The second kappa shape index (κ2) is 9.15. The first-order valence-corrected chi connectivity index (χ1v) is 10.2. The summed E-state index contributed by atoms with van der Waals surface area (Å²) in [4.78, 5) is 12.0. The molecule has 24 heavy (non-hydrogen) atoms. The van der Waals surface area contributed by atoms with Gasteiger partial charge in [-0.25, -0.2) is 8.42 Å². The molecule has 1 aromatic carbocycles. The van der Waals surface area contributed by atoms with E-state index in [-0.39, 0.29) is 25.1 Å². The lowest BCUT2D eigenvalue weighted by Crippen LogP contribution is -2.43. The highest BCUT2D eigenvalue weighted by Gasteiger charge is 2.26. The van der Waals surface area contributed by atoms with Crippen LogP contribution in [0, 0.1) is 0 Å². The van der Waals surface area contributed by atoms with Crippen LogP contribution in [0.25, 0.3) is 0 Å². The third-order valence-corrected chi connectivity index (χ3v) is 5.24. The number of nitrogens with zero attached hydrogens (tertiary/aromatic N) is 1. The molecule has 1 aliphatic heterocycles. The van der Waals surface area contributed by atoms with E-state index in [0.717, 1.165) is 31.9 Å². The highest BCUT2D eigenvalue weighted by atomic mass is 32.2. The molecule has 1 aromatic rings. The highest BCUT2D eigenvalue weighted by Crippen LogP contribution is 2.14. The Hall–Kier alpha value is -1.44. The Bertz CT molecular complexity index is 613. The average molecular weight is 354 g/mol. The number of benzene rings is 1. The topological polar surface area (TPSA) is 75.7 Å². The van der Waals surface area contributed by atoms with Crippen molar-refractivity contribution in [1.82, 2.24) is 9.62 Å². The Labute approximate surface area is 144 Å². The molecule has 0 spiro atoms. The number of rotatable bonds is 9. The van der Waals surface area contributed by atoms with Crippen LogP contribution in [0.5, 0.6) is 0 Å². The minimum Gasteiger partial charge on any atom is -0.377 e. The van der Waals surface area contributed by atoms with Crippen molar-refractivity contribution in [3.63, 3.8) is 0 Å². The molecule has 1 heterocycles. The Balaban J connectivity index is 1.73. The fourth-order valence-corrected chi connectivity index (χ4v) is 3.50. The van der Waals surface area contributed by atoms with Crippen molar-refractivity contribution < 1.29 is 17.9 Å². The van der Waals surface area contributed by atoms with Crippen LogP contribution in [0.15, 0.2) is 30.3 Å². The Kier molecular flexibility index (Phi) is 7.20. The zero-order chi connectivity index (χ0) is 17.4. The second-order valence-electron chi connectivity index (χ2n) is 6.13. The molecule has 0 radical (unpaired) electrons. The van der Waals surface area contributed by atoms with E-state index in [1.54, 1.807) is 0 Å². The molecule has 1 amide bonds. The van der Waals surface area contributed by atoms with Gasteiger partial charge in [0.15, 0.2) is 0 Å². The van der Waals surface area contributed by atoms with Crippen molar-refractivity contribution in [2.45, 2.75) is 31.8 Å². The normalized spacial score (nSPS) is 18.0. The summed E-state index contributed by atoms with van der Waals surface area (Å²) < 4.78 is 30.4. The van der Waals surface area contributed by atoms with Gasteiger partial charge in [-0.1, -0.05) is 30.3 Å². The van der Waals surface area contributed by atoms with Gasteiger partial charge in [-0.15, -0.1) is 0 Å². The molecular formula is C17H26N2O4S. The molecule has 0 aliphatic carbocycles. The SMILES string of the molecule is CS(=O)(=O)N(CC(=O)NCCCc1ccccc1)CC1CCCO1. The Morgan fingerprint density at radius 3 is 2.71 bits per heavy atom. The lowest BCUT2D eigenvalue weighted by atomic mass is 10.1. The molecule has 1 N–H and O–H groups in total. The van der Waals surface area contributed by atoms with Crippen molar-refractivity contribution in [2.24, 2.45) is 0 Å². The van der Waals surface area contributed by atoms with Crippen molar-refractivity contribution in [2.75, 3.05) is 32.5 Å². The van der Waals surface area contributed by atoms with E-state index in [4.69, 9.17) is 4.74 Å². The molecule has 0 saturated carbocycles. The van der Waals surface area contributed by atoms with Gasteiger partial charge in [0.05, 0.1) is 18.9 Å². The first-order chi connectivity index (χ1) is 11.4. The van der Waals surface area contributed by atoms with Crippen molar-refractivity contribution in [3.8, 4) is 0 Å². The lowest BCUT2D eigenvalue weighted by molar-refractivity contribution is -0.121. The number of amides is 1. The van der Waals surface area contributed by atoms with Gasteiger partial charge in [0.2, 0.25) is 15.9 Å². The summed E-state index contributed by atoms with van der Waals surface area (Å²) in [5.41, 5.74) is 1.22. The Morgan fingerprint density at radius 2 is 2.08 bits per heavy atom. The first-order valence-electron chi connectivity index (χ1n) is 8.32. The van der Waals surface area contributed by atoms with E-state index >= 15 is 0 Å². The van der Waals surface area contributed by atoms with Gasteiger partial charge >= 0.3 is 0 Å². The number of hydrogen-bond acceptors (Lipinski definition) is 4. The summed E-state index contributed by atoms with van der Waals surface area (Å²) >= 11 is 0. The van der Waals surface area contributed by atoms with Gasteiger partial charge in [0.25, 0.3) is 0 Å². The van der Waals surface area contributed by atoms with Crippen LogP contribution in [0.4, 0.5) is 0 Å². The van der Waals surface area contributed by atoms with Crippen LogP contribution in [-0.4, -0.2) is 57.2 Å². The molecule has 1 unspecified atom stereocenters. The minimum absolute atomic E-state index is 0.106. The second-order valence-corrected chi connectivity index (χ2v) is 8.11. The van der Waals surface area contributed by atoms with E-state index in [0.29, 0.717) is 13.2 Å². The van der Waals surface area contributed by atoms with E-state index in [9.17, 15) is 13.2 Å². The van der Waals surface area contributed by atoms with Gasteiger partial charge < -0.3 is 10.1 Å². The van der Waals surface area contributed by atoms with Gasteiger partial charge in [0.1, 0.15) is 0 Å². The molecule has 0 aromatic heterocycles. The summed E-state index contributed by atoms with van der Waals surface area (Å²) in [7, 11) is -3.43. The van der Waals surface area contributed by atoms with Crippen molar-refractivity contribution >= 4 is 15.9 Å². The number of carbonyl (C=O) groups is 1. The maximum absolute atomic E-state index is 12.0. The summed E-state index contributed by atoms with van der Waals surface area (Å²) in [5, 5.41) is 2.79. The number of ether oxygens (including phenoxy) is 1. The fraction of sp³-hybridized carbons (Fsp3) is 0.588. The lowest BCUT2D eigenvalue weighted by Gasteiger charge is -2.22. The molecular weight excluding hydrogens is 328 g/mol. The van der Waals surface area contributed by atoms with Crippen LogP contribution in [0.2, 0.25) is 0 Å². The molecule has 1 saturated heterocycles. The first kappa shape index (κ1) is 18.9. The molecule has 7 heteroatoms. The summed E-state index contributed by atoms with van der Waals surface area (Å²) in [6.07, 6.45) is 4.50. The number of hydrogen-bond donors (Lipinski definition) is 1. The number of sulfonamides is 1. The van der Waals surface area contributed by atoms with E-state index in [1.165, 1.54) is 9.87 Å². The van der Waals surface area contributed by atoms with Crippen molar-refractivity contribution in [3.05, 3.63) is 35.9 Å². The predicted molar refractivity (Wildman–Crippen MR) is 93.2 cm³/mol. The maximum Gasteiger partial charge on any atom is 0.235 e. The molecule has 1 fully saturated rings. The van der Waals surface area contributed by atoms with Gasteiger partial charge in [-0.3, -0.25) is 4.79 Å². The van der Waals surface area contributed by atoms with Crippen molar-refractivity contribution in [1.29, 1.82) is 0 Å². The molecule has 1 atom stereocenters. The molecule has 2 rings (SSSR count). The van der Waals surface area contributed by atoms with E-state index in [1.807, 2.05) is 18.2 Å². The highest BCUT2D eigenvalue weighted by molar-refractivity contribution is 7.88. The van der Waals surface area contributed by atoms with Crippen LogP contribution in [0.1, 0.15) is 24.8 Å². The van der Waals surface area contributed by atoms with Crippen LogP contribution in [0.3, 0.4) is 0 Å². The van der Waals surface area contributed by atoms with Crippen LogP contribution < -0.4 is 5.32 Å². The molecule has 1 aliphatic rings. The zero-order valence-corrected chi connectivity index (χ0v) is 14.9. The Morgan fingerprint density at radius 1 is 1.33 bits per heavy atom. The third kappa shape index (κ3) is 6.59. The van der Waals surface area contributed by atoms with E-state index in [2.05, 4.69) is 17.4 Å². The van der Waals surface area contributed by atoms with Crippen LogP contribution in [-0.2, 0) is 26.0 Å². The fourth-order valence-electron chi connectivity index (χ4n) is 2.71. The third-order valence-electron chi connectivity index (χ3n) is 4.03. The summed E-state index contributed by atoms with van der Waals surface area (Å²) in [6, 6.07) is 10.1. The summed E-state index contributed by atoms with van der Waals surface area (Å²) in [5.74, 6) is -0.272. The number of nitrogens with one attached hydrogen (secondary N) is 1. The van der Waals surface area contributed by atoms with Gasteiger partial charge in [-0.05, 0) is 31.2 Å². The maximum atomic E-state index is 12.0. The monoisotopic (exact) mass is 354 g/mol. The number of aryl methyl sites for hydroxylation is 1. The summed E-state index contributed by atoms with van der Waals surface area (Å²) in [6.45, 7) is 1.29. The zero-order valence-electron chi connectivity index (χ0n) is 14.1. The minimum atomic E-state index is -3.43. The molecule has 0 bridgehead atoms. The largest absolute Gasteiger partial charge is 0.377 e. The van der Waals surface area contributed by atoms with E-state index < -0.39 is 10.0 Å². The predicted octanol–water partition coefficient (Wildman–Crippen LogP) is 1.18. The quantitative estimate of drug-likeness (QED) is 0.676. The standard InChI is InChI=1S/C17H26N2O4S/c1-24(21,22)19(13-16-10-6-12-23-16)14-17(20)18-11-5-9-15-7-3-2-4-8-15/h2-4,7-8,16H,5-6,9-14H2,1H3,(H,18,20). The molecule has 6 nitrogen and oxygen atoms in total. The van der Waals surface area contributed by atoms with Gasteiger partial charge in [-0.2, -0.15) is 4.31 Å². The average Bonchev–Trinajstić information content (AvgIpc) is 3.04. The van der Waals surface area contributed by atoms with Crippen LogP contribution >= 0.6 is 0 Å². The smallest absolute Gasteiger partial charge is 0.235 e. The van der Waals surface area contributed by atoms with Gasteiger partial charge in [0, 0.05) is 19.7 Å².